The lowest BCUT2D eigenvalue weighted by Gasteiger charge is -1.91. The molecule has 1 aromatic carbocycles. The fourth-order valence-corrected chi connectivity index (χ4v) is 1.09. The first-order valence-electron chi connectivity index (χ1n) is 3.61. The molecule has 0 amide bonds. The largest absolute Gasteiger partial charge is 0.0992 e. The monoisotopic (exact) mass is 159 g/mol. The Bertz CT molecular complexity index is 259. The van der Waals surface area contributed by atoms with Crippen molar-refractivity contribution in [3.05, 3.63) is 59.8 Å². The zero-order chi connectivity index (χ0) is 8.10. The lowest BCUT2D eigenvalue weighted by Crippen LogP contribution is -1.77. The fraction of sp³-hybridized carbons (Fsp3) is 0. The predicted octanol–water partition coefficient (Wildman–Crippen LogP) is 1.27. The summed E-state index contributed by atoms with van der Waals surface area (Å²) < 4.78 is 0. The Hall–Kier alpha value is -1.08. The van der Waals surface area contributed by atoms with Crippen LogP contribution in [0.25, 0.3) is 0 Å². The summed E-state index contributed by atoms with van der Waals surface area (Å²) in [4.78, 5) is 0. The van der Waals surface area contributed by atoms with E-state index in [2.05, 4.69) is 12.7 Å². The molecule has 0 aliphatic rings. The van der Waals surface area contributed by atoms with E-state index >= 15 is 0 Å². The molecule has 0 aliphatic heterocycles. The molecule has 0 heterocycles. The van der Waals surface area contributed by atoms with Gasteiger partial charge in [0, 0.05) is 10.2 Å². The first kappa shape index (κ1) is 8.02. The van der Waals surface area contributed by atoms with Gasteiger partial charge in [0.25, 0.3) is 0 Å². The first-order valence-corrected chi connectivity index (χ1v) is 4.61. The fourth-order valence-electron chi connectivity index (χ4n) is 0.800. The third-order valence-corrected chi connectivity index (χ3v) is 2.08. The molecule has 0 saturated carbocycles. The van der Waals surface area contributed by atoms with E-state index in [9.17, 15) is 0 Å². The summed E-state index contributed by atoms with van der Waals surface area (Å²) in [7, 11) is 1.01. The van der Waals surface area contributed by atoms with Crippen LogP contribution in [-0.2, 0) is 0 Å². The number of allylic oxidation sites excluding steroid dienone is 2. The number of benzene rings is 1. The van der Waals surface area contributed by atoms with Crippen LogP contribution in [0.1, 0.15) is 5.56 Å². The van der Waals surface area contributed by atoms with E-state index in [1.807, 2.05) is 36.4 Å². The molecule has 55 valence electrons. The second-order valence-corrected chi connectivity index (χ2v) is 3.46. The van der Waals surface area contributed by atoms with Crippen molar-refractivity contribution < 1.29 is 0 Å². The van der Waals surface area contributed by atoms with Crippen molar-refractivity contribution in [2.45, 2.75) is 0 Å². The maximum atomic E-state index is 3.69. The second kappa shape index (κ2) is 3.94. The highest BCUT2D eigenvalue weighted by Gasteiger charge is 1.84. The van der Waals surface area contributed by atoms with Crippen molar-refractivity contribution in [3.63, 3.8) is 0 Å². The minimum atomic E-state index is 1.01. The highest BCUT2D eigenvalue weighted by molar-refractivity contribution is 6.23. The Kier molecular flexibility index (Phi) is 2.87. The summed E-state index contributed by atoms with van der Waals surface area (Å²) in [6.07, 6.45) is 5.11. The van der Waals surface area contributed by atoms with E-state index in [4.69, 9.17) is 0 Å². The molecule has 0 aromatic heterocycles. The van der Waals surface area contributed by atoms with Gasteiger partial charge in [0.05, 0.1) is 0 Å². The van der Waals surface area contributed by atoms with Crippen LogP contribution in [0.15, 0.2) is 48.2 Å². The molecule has 0 N–H and O–H groups in total. The molecule has 0 saturated heterocycles. The maximum absolute atomic E-state index is 3.69. The lowest BCUT2D eigenvalue weighted by molar-refractivity contribution is 1.56. The average molecular weight is 159 g/mol. The van der Waals surface area contributed by atoms with Crippen molar-refractivity contribution in [3.8, 4) is 0 Å². The van der Waals surface area contributed by atoms with Gasteiger partial charge >= 0.3 is 0 Å². The molecule has 1 heteroatoms. The van der Waals surface area contributed by atoms with Crippen molar-refractivity contribution >= 4 is 10.2 Å². The Labute approximate surface area is 70.7 Å². The minimum absolute atomic E-state index is 1.01. The molecule has 0 nitrogen and oxygen atoms in total. The van der Waals surface area contributed by atoms with E-state index in [1.54, 1.807) is 0 Å². The van der Waals surface area contributed by atoms with Crippen LogP contribution in [0.5, 0.6) is 0 Å². The van der Waals surface area contributed by atoms with Gasteiger partial charge < -0.3 is 0 Å². The Balaban J connectivity index is 2.87. The summed E-state index contributed by atoms with van der Waals surface area (Å²) in [5, 5.41) is 1.20. The summed E-state index contributed by atoms with van der Waals surface area (Å²) in [5.41, 5.74) is 1.14. The zero-order valence-electron chi connectivity index (χ0n) is 6.67. The molecular weight excluding hydrogens is 148 g/mol. The highest BCUT2D eigenvalue weighted by atomic mass is 28.1. The Morgan fingerprint density at radius 3 is 2.55 bits per heavy atom. The van der Waals surface area contributed by atoms with E-state index in [0.717, 1.165) is 15.8 Å². The van der Waals surface area contributed by atoms with Crippen LogP contribution in [-0.4, -0.2) is 10.2 Å². The van der Waals surface area contributed by atoms with Crippen LogP contribution in [0.2, 0.25) is 0 Å². The molecule has 11 heavy (non-hydrogen) atoms. The Morgan fingerprint density at radius 2 is 2.00 bits per heavy atom. The number of hydrogen-bond donors (Lipinski definition) is 0. The highest BCUT2D eigenvalue weighted by Crippen LogP contribution is 2.00. The summed E-state index contributed by atoms with van der Waals surface area (Å²) in [6, 6.07) is 10.1. The minimum Gasteiger partial charge on any atom is -0.0992 e. The van der Waals surface area contributed by atoms with E-state index in [0.29, 0.717) is 0 Å². The van der Waals surface area contributed by atoms with Crippen LogP contribution in [0.4, 0.5) is 0 Å². The van der Waals surface area contributed by atoms with Gasteiger partial charge in [-0.3, -0.25) is 0 Å². The first-order chi connectivity index (χ1) is 5.33. The van der Waals surface area contributed by atoms with Crippen LogP contribution >= 0.6 is 0 Å². The van der Waals surface area contributed by atoms with Crippen molar-refractivity contribution in [1.29, 1.82) is 0 Å². The summed E-state index contributed by atoms with van der Waals surface area (Å²) in [6.45, 7) is 3.69. The van der Waals surface area contributed by atoms with Gasteiger partial charge in [0.2, 0.25) is 0 Å². The number of rotatable bonds is 2. The average Bonchev–Trinajstić information content (AvgIpc) is 2.06. The second-order valence-electron chi connectivity index (χ2n) is 2.38. The normalized spacial score (nSPS) is 11.5. The van der Waals surface area contributed by atoms with Gasteiger partial charge in [-0.25, -0.2) is 0 Å². The lowest BCUT2D eigenvalue weighted by atomic mass is 10.2. The summed E-state index contributed by atoms with van der Waals surface area (Å²) in [5.74, 6) is 0. The molecule has 0 aliphatic carbocycles. The molecule has 1 aromatic rings. The van der Waals surface area contributed by atoms with Crippen LogP contribution < -0.4 is 0 Å². The smallest absolute Gasteiger partial charge is 0.0393 e. The molecule has 0 unspecified atom stereocenters. The molecule has 0 fully saturated rings. The molecule has 1 radical (unpaired) electrons. The topological polar surface area (TPSA) is 0 Å². The van der Waals surface area contributed by atoms with Crippen molar-refractivity contribution in [2.24, 2.45) is 0 Å². The van der Waals surface area contributed by atoms with E-state index < -0.39 is 0 Å². The van der Waals surface area contributed by atoms with Crippen LogP contribution in [0.3, 0.4) is 0 Å². The molecular formula is C10H11Si. The summed E-state index contributed by atoms with van der Waals surface area (Å²) >= 11 is 0. The van der Waals surface area contributed by atoms with Crippen molar-refractivity contribution in [1.82, 2.24) is 0 Å². The predicted molar refractivity (Wildman–Crippen MR) is 52.4 cm³/mol. The van der Waals surface area contributed by atoms with Gasteiger partial charge in [-0.1, -0.05) is 48.2 Å². The quantitative estimate of drug-likeness (QED) is 0.450. The van der Waals surface area contributed by atoms with Gasteiger partial charge in [-0.15, -0.1) is 0 Å². The van der Waals surface area contributed by atoms with Gasteiger partial charge in [0.15, 0.2) is 0 Å². The Morgan fingerprint density at radius 1 is 1.36 bits per heavy atom. The zero-order valence-corrected chi connectivity index (χ0v) is 8.67. The third-order valence-electron chi connectivity index (χ3n) is 1.42. The van der Waals surface area contributed by atoms with Gasteiger partial charge in [0.1, 0.15) is 0 Å². The molecule has 0 spiro atoms. The SMILES string of the molecule is C=CC([SiH3])=[C]c1ccccc1. The van der Waals surface area contributed by atoms with Crippen molar-refractivity contribution in [2.75, 3.05) is 0 Å². The van der Waals surface area contributed by atoms with E-state index in [1.165, 1.54) is 5.20 Å². The number of hydrogen-bond acceptors (Lipinski definition) is 0. The van der Waals surface area contributed by atoms with E-state index in [-0.39, 0.29) is 0 Å². The standard InChI is InChI=1S/C10H11Si/c1-2-10(11)8-9-6-4-3-5-7-9/h2-7H,1H2,11H3. The van der Waals surface area contributed by atoms with Gasteiger partial charge in [-0.2, -0.15) is 0 Å². The van der Waals surface area contributed by atoms with Gasteiger partial charge in [-0.05, 0) is 11.6 Å². The maximum Gasteiger partial charge on any atom is 0.0393 e. The molecule has 0 atom stereocenters. The molecule has 0 bridgehead atoms. The van der Waals surface area contributed by atoms with Crippen LogP contribution in [0, 0.1) is 6.08 Å². The molecule has 1 rings (SSSR count). The third kappa shape index (κ3) is 2.56.